The van der Waals surface area contributed by atoms with Gasteiger partial charge in [-0.2, -0.15) is 4.57 Å². The van der Waals surface area contributed by atoms with Crippen LogP contribution in [-0.2, 0) is 25.8 Å². The molecule has 4 rings (SSSR count). The van der Waals surface area contributed by atoms with Gasteiger partial charge in [-0.25, -0.2) is 4.57 Å². The highest BCUT2D eigenvalue weighted by atomic mass is 35.5. The van der Waals surface area contributed by atoms with Gasteiger partial charge in [0.05, 0.1) is 13.6 Å². The van der Waals surface area contributed by atoms with Gasteiger partial charge in [-0.3, -0.25) is 10.1 Å². The predicted molar refractivity (Wildman–Crippen MR) is 84.8 cm³/mol. The summed E-state index contributed by atoms with van der Waals surface area (Å²) in [5.41, 5.74) is 1.46. The Kier molecular flexibility index (Phi) is 3.54. The lowest BCUT2D eigenvalue weighted by Crippen LogP contribution is -3.00. The molecule has 2 aliphatic rings. The summed E-state index contributed by atoms with van der Waals surface area (Å²) < 4.78 is 4.28. The Morgan fingerprint density at radius 2 is 2.14 bits per heavy atom. The van der Waals surface area contributed by atoms with Crippen molar-refractivity contribution in [1.82, 2.24) is 4.57 Å². The molecule has 7 heteroatoms. The van der Waals surface area contributed by atoms with E-state index in [1.807, 2.05) is 30.1 Å². The van der Waals surface area contributed by atoms with Crippen LogP contribution in [0.2, 0.25) is 0 Å². The number of aromatic nitrogens is 2. The van der Waals surface area contributed by atoms with Crippen molar-refractivity contribution in [2.24, 2.45) is 7.05 Å². The van der Waals surface area contributed by atoms with Gasteiger partial charge in [0.2, 0.25) is 0 Å². The number of nitrogens with zero attached hydrogens (tertiary/aromatic N) is 2. The van der Waals surface area contributed by atoms with Crippen LogP contribution in [0.3, 0.4) is 0 Å². The predicted octanol–water partition coefficient (Wildman–Crippen LogP) is -1.12. The zero-order chi connectivity index (χ0) is 14.1. The maximum atomic E-state index is 12.7. The highest BCUT2D eigenvalue weighted by Gasteiger charge is 2.34. The van der Waals surface area contributed by atoms with Crippen molar-refractivity contribution in [3.8, 4) is 0 Å². The molecule has 0 unspecified atom stereocenters. The van der Waals surface area contributed by atoms with E-state index >= 15 is 0 Å². The first-order chi connectivity index (χ1) is 9.48. The van der Waals surface area contributed by atoms with Crippen LogP contribution in [-0.4, -0.2) is 15.9 Å². The molecule has 0 aromatic carbocycles. The van der Waals surface area contributed by atoms with Crippen LogP contribution in [0.4, 0.5) is 5.95 Å². The van der Waals surface area contributed by atoms with Crippen molar-refractivity contribution >= 4 is 39.3 Å². The molecule has 0 saturated heterocycles. The molecule has 0 bridgehead atoms. The maximum absolute atomic E-state index is 12.7. The number of thioether (sulfide) groups is 1. The monoisotopic (exact) mass is 343 g/mol. The SMILES string of the molecule is Cn1c2[n+](c3sc4c(c3c1=O)CC(C)(C)SC4)CCN2.[Cl-]. The number of hydrogen-bond donors (Lipinski definition) is 1. The molecule has 1 N–H and O–H groups in total. The maximum Gasteiger partial charge on any atom is 0.361 e. The zero-order valence-corrected chi connectivity index (χ0v) is 14.7. The summed E-state index contributed by atoms with van der Waals surface area (Å²) in [5.74, 6) is 1.99. The molecule has 4 heterocycles. The topological polar surface area (TPSA) is 37.9 Å². The zero-order valence-electron chi connectivity index (χ0n) is 12.3. The fourth-order valence-corrected chi connectivity index (χ4v) is 5.68. The van der Waals surface area contributed by atoms with E-state index in [1.165, 1.54) is 10.4 Å². The molecule has 2 aromatic heterocycles. The Morgan fingerprint density at radius 1 is 1.38 bits per heavy atom. The highest BCUT2D eigenvalue weighted by molar-refractivity contribution is 8.00. The van der Waals surface area contributed by atoms with E-state index in [0.717, 1.165) is 41.4 Å². The lowest BCUT2D eigenvalue weighted by Gasteiger charge is -2.28. The number of halogens is 1. The van der Waals surface area contributed by atoms with Crippen molar-refractivity contribution in [2.45, 2.75) is 37.3 Å². The van der Waals surface area contributed by atoms with Gasteiger partial charge in [0.25, 0.3) is 0 Å². The third-order valence-corrected chi connectivity index (χ3v) is 7.02. The van der Waals surface area contributed by atoms with Crippen LogP contribution < -0.4 is 27.9 Å². The van der Waals surface area contributed by atoms with Crippen molar-refractivity contribution in [3.63, 3.8) is 0 Å². The second-order valence-corrected chi connectivity index (χ2v) is 8.94. The molecule has 2 aromatic rings. The van der Waals surface area contributed by atoms with E-state index in [4.69, 9.17) is 0 Å². The fraction of sp³-hybridized carbons (Fsp3) is 0.571. The first kappa shape index (κ1) is 15.2. The summed E-state index contributed by atoms with van der Waals surface area (Å²) in [5, 5.41) is 4.29. The van der Waals surface area contributed by atoms with E-state index in [2.05, 4.69) is 23.7 Å². The molecule has 0 saturated carbocycles. The average Bonchev–Trinajstić information content (AvgIpc) is 2.98. The Labute approximate surface area is 138 Å². The minimum atomic E-state index is 0. The molecular weight excluding hydrogens is 326 g/mol. The molecule has 0 radical (unpaired) electrons. The molecule has 0 spiro atoms. The molecule has 0 aliphatic carbocycles. The number of thiophene rings is 1. The van der Waals surface area contributed by atoms with Crippen molar-refractivity contribution in [1.29, 1.82) is 0 Å². The Morgan fingerprint density at radius 3 is 2.90 bits per heavy atom. The molecule has 0 amide bonds. The lowest BCUT2D eigenvalue weighted by molar-refractivity contribution is -0.645. The van der Waals surface area contributed by atoms with Gasteiger partial charge in [0.15, 0.2) is 4.83 Å². The standard InChI is InChI=1S/C14H17N3OS2.ClH/c1-14(2)6-8-9(7-19-14)20-12-10(8)11(18)16(3)13-15-4-5-17(12)13;/h4-7H2,1-3H3;1H. The lowest BCUT2D eigenvalue weighted by atomic mass is 10.00. The van der Waals surface area contributed by atoms with Gasteiger partial charge in [-0.1, -0.05) is 13.8 Å². The highest BCUT2D eigenvalue weighted by Crippen LogP contribution is 2.43. The number of hydrogen-bond acceptors (Lipinski definition) is 4. The quantitative estimate of drug-likeness (QED) is 0.616. The molecule has 114 valence electrons. The van der Waals surface area contributed by atoms with Crippen LogP contribution >= 0.6 is 23.1 Å². The average molecular weight is 344 g/mol. The molecule has 2 aliphatic heterocycles. The summed E-state index contributed by atoms with van der Waals surface area (Å²) in [6.45, 7) is 6.42. The van der Waals surface area contributed by atoms with Crippen LogP contribution in [0.5, 0.6) is 0 Å². The Balaban J connectivity index is 0.00000132. The Bertz CT molecular complexity index is 794. The van der Waals surface area contributed by atoms with Gasteiger partial charge < -0.3 is 12.4 Å². The summed E-state index contributed by atoms with van der Waals surface area (Å²) >= 11 is 3.82. The third kappa shape index (κ3) is 2.11. The van der Waals surface area contributed by atoms with Crippen LogP contribution in [0.25, 0.3) is 10.2 Å². The number of nitrogens with one attached hydrogen (secondary N) is 1. The van der Waals surface area contributed by atoms with Crippen molar-refractivity contribution in [3.05, 3.63) is 20.8 Å². The van der Waals surface area contributed by atoms with E-state index in [-0.39, 0.29) is 22.7 Å². The number of rotatable bonds is 0. The Hall–Kier alpha value is -0.720. The normalized spacial score (nSPS) is 18.8. The first-order valence-corrected chi connectivity index (χ1v) is 8.73. The third-order valence-electron chi connectivity index (χ3n) is 4.22. The van der Waals surface area contributed by atoms with E-state index < -0.39 is 0 Å². The summed E-state index contributed by atoms with van der Waals surface area (Å²) in [6, 6.07) is 0. The van der Waals surface area contributed by atoms with Gasteiger partial charge in [-0.15, -0.1) is 23.1 Å². The van der Waals surface area contributed by atoms with Crippen LogP contribution in [0, 0.1) is 0 Å². The van der Waals surface area contributed by atoms with E-state index in [1.54, 1.807) is 4.57 Å². The molecule has 0 atom stereocenters. The van der Waals surface area contributed by atoms with Crippen LogP contribution in [0.15, 0.2) is 4.79 Å². The van der Waals surface area contributed by atoms with Crippen LogP contribution in [0.1, 0.15) is 24.3 Å². The first-order valence-electron chi connectivity index (χ1n) is 6.93. The molecular formula is C14H18ClN3OS2. The summed E-state index contributed by atoms with van der Waals surface area (Å²) in [7, 11) is 1.87. The van der Waals surface area contributed by atoms with Gasteiger partial charge >= 0.3 is 11.5 Å². The second kappa shape index (κ2) is 4.89. The number of anilines is 1. The van der Waals surface area contributed by atoms with Gasteiger partial charge in [0, 0.05) is 15.4 Å². The second-order valence-electron chi connectivity index (χ2n) is 6.18. The number of fused-ring (bicyclic) bond motifs is 5. The fourth-order valence-electron chi connectivity index (χ4n) is 3.19. The molecule has 0 fully saturated rings. The minimum absolute atomic E-state index is 0. The summed E-state index contributed by atoms with van der Waals surface area (Å²) in [6.07, 6.45) is 0.995. The molecule has 21 heavy (non-hydrogen) atoms. The molecule has 4 nitrogen and oxygen atoms in total. The van der Waals surface area contributed by atoms with Crippen molar-refractivity contribution < 1.29 is 17.0 Å². The van der Waals surface area contributed by atoms with Gasteiger partial charge in [-0.05, 0) is 12.0 Å². The van der Waals surface area contributed by atoms with E-state index in [9.17, 15) is 4.79 Å². The largest absolute Gasteiger partial charge is 1.00 e. The smallest absolute Gasteiger partial charge is 0.361 e. The van der Waals surface area contributed by atoms with Gasteiger partial charge in [0.1, 0.15) is 11.9 Å². The van der Waals surface area contributed by atoms with Crippen molar-refractivity contribution in [2.75, 3.05) is 11.9 Å². The minimum Gasteiger partial charge on any atom is -1.00 e. The van der Waals surface area contributed by atoms with E-state index in [0.29, 0.717) is 0 Å². The summed E-state index contributed by atoms with van der Waals surface area (Å²) in [4.78, 5) is 15.3.